The van der Waals surface area contributed by atoms with E-state index in [1.807, 2.05) is 0 Å². The van der Waals surface area contributed by atoms with Crippen molar-refractivity contribution in [2.24, 2.45) is 5.92 Å². The largest absolute Gasteiger partial charge is 0.404 e. The first-order chi connectivity index (χ1) is 12.5. The number of rotatable bonds is 7. The van der Waals surface area contributed by atoms with Crippen LogP contribution < -0.4 is 10.4 Å². The third-order valence-electron chi connectivity index (χ3n) is 5.65. The fraction of sp³-hybridized carbons (Fsp3) is 0.435. The molecule has 26 heavy (non-hydrogen) atoms. The lowest BCUT2D eigenvalue weighted by Gasteiger charge is -2.48. The van der Waals surface area contributed by atoms with E-state index >= 15 is 0 Å². The lowest BCUT2D eigenvalue weighted by Crippen LogP contribution is -2.68. The van der Waals surface area contributed by atoms with Gasteiger partial charge in [0.2, 0.25) is 0 Å². The summed E-state index contributed by atoms with van der Waals surface area (Å²) in [5.74, 6) is 0.642. The highest BCUT2D eigenvalue weighted by atomic mass is 28.4. The normalized spacial score (nSPS) is 20.4. The Labute approximate surface area is 158 Å². The van der Waals surface area contributed by atoms with Crippen molar-refractivity contribution in [2.75, 3.05) is 0 Å². The van der Waals surface area contributed by atoms with E-state index in [-0.39, 0.29) is 5.04 Å². The maximum absolute atomic E-state index is 10.6. The van der Waals surface area contributed by atoms with Crippen LogP contribution in [0.3, 0.4) is 0 Å². The van der Waals surface area contributed by atoms with E-state index in [0.717, 1.165) is 25.5 Å². The van der Waals surface area contributed by atoms with Gasteiger partial charge in [0.15, 0.2) is 0 Å². The summed E-state index contributed by atoms with van der Waals surface area (Å²) in [6.45, 7) is 6.96. The molecule has 0 atom stereocenters. The van der Waals surface area contributed by atoms with Gasteiger partial charge in [0.25, 0.3) is 8.32 Å². The van der Waals surface area contributed by atoms with E-state index in [0.29, 0.717) is 18.4 Å². The number of carbonyl (C=O) groups is 1. The zero-order valence-electron chi connectivity index (χ0n) is 16.2. The maximum Gasteiger partial charge on any atom is 0.261 e. The standard InChI is InChI=1S/C23H30O2Si/c1-23(2,3)26(21-12-6-4-7-13-21,22-14-8-5-9-15-22)25-20-17-19(18-20)11-10-16-24/h4-9,12-16,19-20H,10-11,17-18H2,1-3H3. The second-order valence-electron chi connectivity index (χ2n) is 8.48. The van der Waals surface area contributed by atoms with Crippen LogP contribution in [0.1, 0.15) is 46.5 Å². The van der Waals surface area contributed by atoms with Crippen molar-refractivity contribution >= 4 is 25.0 Å². The SMILES string of the molecule is CC(C)(C)[Si](OC1CC(CCC=O)C1)(c1ccccc1)c1ccccc1. The maximum atomic E-state index is 10.6. The average Bonchev–Trinajstić information content (AvgIpc) is 2.61. The minimum absolute atomic E-state index is 0.0313. The van der Waals surface area contributed by atoms with Crippen LogP contribution in [-0.4, -0.2) is 20.7 Å². The first-order valence-electron chi connectivity index (χ1n) is 9.70. The van der Waals surface area contributed by atoms with Gasteiger partial charge in [-0.15, -0.1) is 0 Å². The number of carbonyl (C=O) groups excluding carboxylic acids is 1. The Morgan fingerprint density at radius 1 is 0.962 bits per heavy atom. The van der Waals surface area contributed by atoms with Gasteiger partial charge in [-0.3, -0.25) is 0 Å². The third-order valence-corrected chi connectivity index (χ3v) is 10.7. The van der Waals surface area contributed by atoms with Gasteiger partial charge in [-0.1, -0.05) is 81.4 Å². The summed E-state index contributed by atoms with van der Waals surface area (Å²) in [5.41, 5.74) is 0. The molecule has 0 heterocycles. The van der Waals surface area contributed by atoms with Gasteiger partial charge >= 0.3 is 0 Å². The molecule has 138 valence electrons. The molecule has 2 aromatic rings. The predicted molar refractivity (Wildman–Crippen MR) is 111 cm³/mol. The number of aldehydes is 1. The molecule has 3 heteroatoms. The van der Waals surface area contributed by atoms with Gasteiger partial charge in [-0.05, 0) is 40.6 Å². The van der Waals surface area contributed by atoms with Gasteiger partial charge in [0.05, 0.1) is 0 Å². The number of hydrogen-bond acceptors (Lipinski definition) is 2. The highest BCUT2D eigenvalue weighted by Gasteiger charge is 2.52. The molecule has 0 N–H and O–H groups in total. The third kappa shape index (κ3) is 3.69. The minimum atomic E-state index is -2.41. The molecule has 0 aliphatic heterocycles. The van der Waals surface area contributed by atoms with E-state index < -0.39 is 8.32 Å². The fourth-order valence-electron chi connectivity index (χ4n) is 4.25. The van der Waals surface area contributed by atoms with Crippen LogP contribution >= 0.6 is 0 Å². The average molecular weight is 367 g/mol. The lowest BCUT2D eigenvalue weighted by atomic mass is 9.80. The Kier molecular flexibility index (Phi) is 5.78. The van der Waals surface area contributed by atoms with E-state index in [2.05, 4.69) is 81.4 Å². The zero-order chi connectivity index (χ0) is 18.6. The molecular weight excluding hydrogens is 336 g/mol. The van der Waals surface area contributed by atoms with E-state index in [4.69, 9.17) is 4.43 Å². The molecule has 0 radical (unpaired) electrons. The van der Waals surface area contributed by atoms with Crippen molar-refractivity contribution in [1.82, 2.24) is 0 Å². The molecule has 0 unspecified atom stereocenters. The quantitative estimate of drug-likeness (QED) is 0.539. The molecule has 2 aromatic carbocycles. The van der Waals surface area contributed by atoms with Crippen molar-refractivity contribution in [2.45, 2.75) is 57.6 Å². The van der Waals surface area contributed by atoms with Crippen LogP contribution in [0.5, 0.6) is 0 Å². The molecule has 0 amide bonds. The minimum Gasteiger partial charge on any atom is -0.404 e. The van der Waals surface area contributed by atoms with Crippen molar-refractivity contribution in [3.63, 3.8) is 0 Å². The van der Waals surface area contributed by atoms with Gasteiger partial charge in [-0.25, -0.2) is 0 Å². The summed E-state index contributed by atoms with van der Waals surface area (Å²) in [4.78, 5) is 10.6. The first-order valence-corrected chi connectivity index (χ1v) is 11.6. The molecular formula is C23H30O2Si. The van der Waals surface area contributed by atoms with Crippen molar-refractivity contribution < 1.29 is 9.22 Å². The summed E-state index contributed by atoms with van der Waals surface area (Å²) in [6, 6.07) is 21.6. The first kappa shape index (κ1) is 19.1. The molecule has 2 nitrogen and oxygen atoms in total. The Balaban J connectivity index is 1.95. The molecule has 1 fully saturated rings. The molecule has 0 aromatic heterocycles. The summed E-state index contributed by atoms with van der Waals surface area (Å²) in [7, 11) is -2.41. The smallest absolute Gasteiger partial charge is 0.261 e. The molecule has 0 saturated heterocycles. The van der Waals surface area contributed by atoms with Crippen LogP contribution in [0.25, 0.3) is 0 Å². The second-order valence-corrected chi connectivity index (χ2v) is 12.7. The van der Waals surface area contributed by atoms with Crippen LogP contribution in [0, 0.1) is 5.92 Å². The van der Waals surface area contributed by atoms with Gasteiger partial charge in [0, 0.05) is 12.5 Å². The van der Waals surface area contributed by atoms with Gasteiger partial charge in [0.1, 0.15) is 6.29 Å². The van der Waals surface area contributed by atoms with E-state index in [1.165, 1.54) is 10.4 Å². The van der Waals surface area contributed by atoms with Crippen LogP contribution in [-0.2, 0) is 9.22 Å². The van der Waals surface area contributed by atoms with Crippen molar-refractivity contribution in [3.8, 4) is 0 Å². The number of hydrogen-bond donors (Lipinski definition) is 0. The molecule has 0 bridgehead atoms. The highest BCUT2D eigenvalue weighted by molar-refractivity contribution is 6.99. The molecule has 1 aliphatic rings. The Morgan fingerprint density at radius 3 is 1.88 bits per heavy atom. The topological polar surface area (TPSA) is 26.3 Å². The van der Waals surface area contributed by atoms with Crippen molar-refractivity contribution in [1.29, 1.82) is 0 Å². The summed E-state index contributed by atoms with van der Waals surface area (Å²) < 4.78 is 7.07. The Morgan fingerprint density at radius 2 is 1.46 bits per heavy atom. The van der Waals surface area contributed by atoms with E-state index in [9.17, 15) is 4.79 Å². The van der Waals surface area contributed by atoms with Crippen LogP contribution in [0.2, 0.25) is 5.04 Å². The zero-order valence-corrected chi connectivity index (χ0v) is 17.2. The van der Waals surface area contributed by atoms with Crippen LogP contribution in [0.15, 0.2) is 60.7 Å². The number of benzene rings is 2. The predicted octanol–water partition coefficient (Wildman–Crippen LogP) is 4.32. The van der Waals surface area contributed by atoms with Gasteiger partial charge in [-0.2, -0.15) is 0 Å². The monoisotopic (exact) mass is 366 g/mol. The molecule has 1 saturated carbocycles. The van der Waals surface area contributed by atoms with Gasteiger partial charge < -0.3 is 9.22 Å². The highest BCUT2D eigenvalue weighted by Crippen LogP contribution is 2.42. The van der Waals surface area contributed by atoms with Crippen molar-refractivity contribution in [3.05, 3.63) is 60.7 Å². The molecule has 1 aliphatic carbocycles. The molecule has 3 rings (SSSR count). The molecule has 0 spiro atoms. The fourth-order valence-corrected chi connectivity index (χ4v) is 8.96. The Hall–Kier alpha value is -1.71. The second kappa shape index (κ2) is 7.89. The summed E-state index contributed by atoms with van der Waals surface area (Å²) in [5, 5.41) is 2.72. The van der Waals surface area contributed by atoms with Crippen LogP contribution in [0.4, 0.5) is 0 Å². The summed E-state index contributed by atoms with van der Waals surface area (Å²) in [6.07, 6.45) is 5.19. The Bertz CT molecular complexity index is 660. The lowest BCUT2D eigenvalue weighted by molar-refractivity contribution is -0.108. The van der Waals surface area contributed by atoms with E-state index in [1.54, 1.807) is 0 Å². The summed E-state index contributed by atoms with van der Waals surface area (Å²) >= 11 is 0.